The molecule has 29 heavy (non-hydrogen) atoms. The summed E-state index contributed by atoms with van der Waals surface area (Å²) in [6.45, 7) is 2.12. The Morgan fingerprint density at radius 3 is 2.66 bits per heavy atom. The highest BCUT2D eigenvalue weighted by atomic mass is 16.2. The number of nitrogens with one attached hydrogen (secondary N) is 2. The van der Waals surface area contributed by atoms with Crippen molar-refractivity contribution in [2.45, 2.75) is 51.4 Å². The van der Waals surface area contributed by atoms with E-state index in [4.69, 9.17) is 0 Å². The zero-order valence-electron chi connectivity index (χ0n) is 16.9. The molecule has 152 valence electrons. The van der Waals surface area contributed by atoms with Crippen LogP contribution in [0.25, 0.3) is 0 Å². The molecule has 0 bridgehead atoms. The smallest absolute Gasteiger partial charge is 0.228 e. The summed E-state index contributed by atoms with van der Waals surface area (Å²) < 4.78 is 0. The predicted octanol–water partition coefficient (Wildman–Crippen LogP) is 4.52. The van der Waals surface area contributed by atoms with Gasteiger partial charge in [0.25, 0.3) is 0 Å². The molecule has 4 rings (SSSR count). The van der Waals surface area contributed by atoms with Crippen molar-refractivity contribution < 1.29 is 9.59 Å². The van der Waals surface area contributed by atoms with Gasteiger partial charge in [0.2, 0.25) is 11.8 Å². The standard InChI is InChI=1S/C24H29N3O2/c28-23(11-7-8-18-12-13-20-19(16-18)17-24(29)25-20)26-21-9-3-4-10-22(21)27-14-5-1-2-6-15-27/h3-4,9-10,12-13,16H,1-2,5-8,11,14-15,17H2,(H,25,29)(H,26,28). The number of rotatable bonds is 6. The summed E-state index contributed by atoms with van der Waals surface area (Å²) in [7, 11) is 0. The first kappa shape index (κ1) is 19.5. The van der Waals surface area contributed by atoms with Crippen LogP contribution in [0.1, 0.15) is 49.7 Å². The minimum Gasteiger partial charge on any atom is -0.370 e. The fourth-order valence-corrected chi connectivity index (χ4v) is 4.27. The van der Waals surface area contributed by atoms with Crippen LogP contribution in [0, 0.1) is 0 Å². The maximum Gasteiger partial charge on any atom is 0.228 e. The number of hydrogen-bond donors (Lipinski definition) is 2. The molecular formula is C24H29N3O2. The summed E-state index contributed by atoms with van der Waals surface area (Å²) in [4.78, 5) is 26.4. The van der Waals surface area contributed by atoms with Crippen molar-refractivity contribution in [3.8, 4) is 0 Å². The van der Waals surface area contributed by atoms with Crippen LogP contribution in [-0.2, 0) is 22.4 Å². The molecule has 2 aromatic carbocycles. The van der Waals surface area contributed by atoms with E-state index in [1.807, 2.05) is 30.3 Å². The Labute approximate surface area is 172 Å². The molecule has 5 heteroatoms. The zero-order chi connectivity index (χ0) is 20.1. The summed E-state index contributed by atoms with van der Waals surface area (Å²) in [6, 6.07) is 14.2. The number of amides is 2. The molecule has 0 atom stereocenters. The summed E-state index contributed by atoms with van der Waals surface area (Å²) in [6.07, 6.45) is 7.57. The van der Waals surface area contributed by atoms with Crippen molar-refractivity contribution in [1.29, 1.82) is 0 Å². The van der Waals surface area contributed by atoms with Gasteiger partial charge in [-0.1, -0.05) is 37.1 Å². The summed E-state index contributed by atoms with van der Waals surface area (Å²) in [5.74, 6) is 0.116. The minimum absolute atomic E-state index is 0.0552. The monoisotopic (exact) mass is 391 g/mol. The molecule has 1 saturated heterocycles. The Bertz CT molecular complexity index is 885. The molecule has 0 aromatic heterocycles. The average molecular weight is 392 g/mol. The summed E-state index contributed by atoms with van der Waals surface area (Å²) in [5, 5.41) is 5.98. The van der Waals surface area contributed by atoms with Crippen molar-refractivity contribution in [2.75, 3.05) is 28.6 Å². The molecule has 1 fully saturated rings. The summed E-state index contributed by atoms with van der Waals surface area (Å²) >= 11 is 0. The van der Waals surface area contributed by atoms with Gasteiger partial charge in [-0.05, 0) is 55.0 Å². The molecule has 2 aromatic rings. The number of fused-ring (bicyclic) bond motifs is 1. The van der Waals surface area contributed by atoms with E-state index in [1.165, 1.54) is 31.2 Å². The van der Waals surface area contributed by atoms with Gasteiger partial charge in [0, 0.05) is 25.2 Å². The molecule has 0 radical (unpaired) electrons. The van der Waals surface area contributed by atoms with Crippen molar-refractivity contribution >= 4 is 28.9 Å². The molecule has 5 nitrogen and oxygen atoms in total. The molecule has 2 amide bonds. The second-order valence-electron chi connectivity index (χ2n) is 8.04. The van der Waals surface area contributed by atoms with Gasteiger partial charge in [0.15, 0.2) is 0 Å². The number of hydrogen-bond acceptors (Lipinski definition) is 3. The van der Waals surface area contributed by atoms with Gasteiger partial charge in [-0.15, -0.1) is 0 Å². The van der Waals surface area contributed by atoms with Crippen LogP contribution in [0.15, 0.2) is 42.5 Å². The summed E-state index contributed by atoms with van der Waals surface area (Å²) in [5.41, 5.74) is 5.21. The average Bonchev–Trinajstić information content (AvgIpc) is 2.90. The Morgan fingerprint density at radius 1 is 1.03 bits per heavy atom. The highest BCUT2D eigenvalue weighted by Gasteiger charge is 2.18. The van der Waals surface area contributed by atoms with Gasteiger partial charge in [-0.2, -0.15) is 0 Å². The number of para-hydroxylation sites is 2. The number of aryl methyl sites for hydroxylation is 1. The first-order valence-electron chi connectivity index (χ1n) is 10.7. The lowest BCUT2D eigenvalue weighted by atomic mass is 10.0. The fourth-order valence-electron chi connectivity index (χ4n) is 4.27. The number of benzene rings is 2. The maximum absolute atomic E-state index is 12.6. The van der Waals surface area contributed by atoms with E-state index in [-0.39, 0.29) is 11.8 Å². The second kappa shape index (κ2) is 9.12. The SMILES string of the molecule is O=C1Cc2cc(CCCC(=O)Nc3ccccc3N3CCCCCC3)ccc2N1. The third-order valence-electron chi connectivity index (χ3n) is 5.79. The van der Waals surface area contributed by atoms with Crippen LogP contribution in [0.2, 0.25) is 0 Å². The Balaban J connectivity index is 1.31. The lowest BCUT2D eigenvalue weighted by Gasteiger charge is -2.25. The zero-order valence-corrected chi connectivity index (χ0v) is 16.9. The molecule has 2 aliphatic rings. The lowest BCUT2D eigenvalue weighted by Crippen LogP contribution is -2.25. The molecular weight excluding hydrogens is 362 g/mol. The van der Waals surface area contributed by atoms with E-state index >= 15 is 0 Å². The van der Waals surface area contributed by atoms with E-state index in [0.29, 0.717) is 12.8 Å². The van der Waals surface area contributed by atoms with Crippen molar-refractivity contribution in [3.63, 3.8) is 0 Å². The Kier molecular flexibility index (Phi) is 6.13. The number of carbonyl (C=O) groups is 2. The number of anilines is 3. The molecule has 2 aliphatic heterocycles. The predicted molar refractivity (Wildman–Crippen MR) is 117 cm³/mol. The van der Waals surface area contributed by atoms with E-state index in [9.17, 15) is 9.59 Å². The highest BCUT2D eigenvalue weighted by Crippen LogP contribution is 2.28. The third-order valence-corrected chi connectivity index (χ3v) is 5.79. The maximum atomic E-state index is 12.6. The molecule has 0 unspecified atom stereocenters. The van der Waals surface area contributed by atoms with Crippen molar-refractivity contribution in [3.05, 3.63) is 53.6 Å². The minimum atomic E-state index is 0.0552. The van der Waals surface area contributed by atoms with Gasteiger partial charge in [0.1, 0.15) is 0 Å². The van der Waals surface area contributed by atoms with Crippen LogP contribution in [0.5, 0.6) is 0 Å². The fraction of sp³-hybridized carbons (Fsp3) is 0.417. The van der Waals surface area contributed by atoms with Crippen LogP contribution in [0.3, 0.4) is 0 Å². The Morgan fingerprint density at radius 2 is 1.83 bits per heavy atom. The van der Waals surface area contributed by atoms with E-state index < -0.39 is 0 Å². The topological polar surface area (TPSA) is 61.4 Å². The first-order chi connectivity index (χ1) is 14.2. The van der Waals surface area contributed by atoms with E-state index in [2.05, 4.69) is 27.7 Å². The molecule has 2 heterocycles. The van der Waals surface area contributed by atoms with Gasteiger partial charge >= 0.3 is 0 Å². The number of carbonyl (C=O) groups excluding carboxylic acids is 2. The normalized spacial score (nSPS) is 16.1. The van der Waals surface area contributed by atoms with Crippen molar-refractivity contribution in [2.24, 2.45) is 0 Å². The van der Waals surface area contributed by atoms with E-state index in [1.54, 1.807) is 0 Å². The first-order valence-corrected chi connectivity index (χ1v) is 10.7. The molecule has 0 aliphatic carbocycles. The highest BCUT2D eigenvalue weighted by molar-refractivity contribution is 5.99. The quantitative estimate of drug-likeness (QED) is 0.761. The number of nitrogens with zero attached hydrogens (tertiary/aromatic N) is 1. The van der Waals surface area contributed by atoms with Gasteiger partial charge in [-0.25, -0.2) is 0 Å². The van der Waals surface area contributed by atoms with Gasteiger partial charge in [-0.3, -0.25) is 9.59 Å². The van der Waals surface area contributed by atoms with Crippen molar-refractivity contribution in [1.82, 2.24) is 0 Å². The second-order valence-corrected chi connectivity index (χ2v) is 8.04. The van der Waals surface area contributed by atoms with E-state index in [0.717, 1.165) is 48.6 Å². The Hall–Kier alpha value is -2.82. The molecule has 2 N–H and O–H groups in total. The van der Waals surface area contributed by atoms with Gasteiger partial charge in [0.05, 0.1) is 17.8 Å². The molecule has 0 spiro atoms. The van der Waals surface area contributed by atoms with Crippen LogP contribution in [0.4, 0.5) is 17.1 Å². The lowest BCUT2D eigenvalue weighted by molar-refractivity contribution is -0.116. The third kappa shape index (κ3) is 4.97. The van der Waals surface area contributed by atoms with Gasteiger partial charge < -0.3 is 15.5 Å². The van der Waals surface area contributed by atoms with Crippen LogP contribution >= 0.6 is 0 Å². The largest absolute Gasteiger partial charge is 0.370 e. The molecule has 0 saturated carbocycles. The van der Waals surface area contributed by atoms with Crippen LogP contribution in [-0.4, -0.2) is 24.9 Å². The van der Waals surface area contributed by atoms with Crippen LogP contribution < -0.4 is 15.5 Å².